The van der Waals surface area contributed by atoms with Crippen LogP contribution in [0.4, 0.5) is 0 Å². The van der Waals surface area contributed by atoms with Gasteiger partial charge < -0.3 is 31.5 Å². The molecule has 0 radical (unpaired) electrons. The number of nitrogens with zero attached hydrogens (tertiary/aromatic N) is 1. The highest BCUT2D eigenvalue weighted by Crippen LogP contribution is 2.63. The summed E-state index contributed by atoms with van der Waals surface area (Å²) in [6.45, 7) is 6.11. The number of phenols is 1. The number of likely N-dealkylation sites (N-methyl/N-ethyl adjacent to an activating group) is 1. The minimum absolute atomic E-state index is 0.00873. The molecule has 0 unspecified atom stereocenters. The van der Waals surface area contributed by atoms with Crippen molar-refractivity contribution in [3.63, 3.8) is 0 Å². The number of carbonyl (C=O) groups excluding carboxylic acids is 3. The van der Waals surface area contributed by atoms with Gasteiger partial charge in [-0.3, -0.25) is 19.3 Å². The molecule has 10 heteroatoms. The van der Waals surface area contributed by atoms with E-state index in [0.717, 1.165) is 31.2 Å². The van der Waals surface area contributed by atoms with Crippen molar-refractivity contribution in [3.05, 3.63) is 45.7 Å². The van der Waals surface area contributed by atoms with Gasteiger partial charge in [-0.15, -0.1) is 0 Å². The van der Waals surface area contributed by atoms with Gasteiger partial charge in [0.2, 0.25) is 5.78 Å². The molecule has 7 N–H and O–H groups in total. The highest BCUT2D eigenvalue weighted by Gasteiger charge is 2.72. The van der Waals surface area contributed by atoms with Crippen molar-refractivity contribution in [2.45, 2.75) is 83.5 Å². The molecule has 0 spiro atoms. The Morgan fingerprint density at radius 2 is 1.73 bits per heavy atom. The molecule has 222 valence electrons. The molecule has 1 aromatic carbocycles. The van der Waals surface area contributed by atoms with Crippen molar-refractivity contribution in [2.24, 2.45) is 22.5 Å². The number of hydrogen-bond acceptors (Lipinski definition) is 9. The molecule has 0 bridgehead atoms. The van der Waals surface area contributed by atoms with E-state index in [9.17, 15) is 34.8 Å². The summed E-state index contributed by atoms with van der Waals surface area (Å²) in [5.41, 5.74) is 0.757. The summed E-state index contributed by atoms with van der Waals surface area (Å²) in [5.74, 6) is -4.13. The first-order valence-corrected chi connectivity index (χ1v) is 14.3. The van der Waals surface area contributed by atoms with E-state index >= 15 is 0 Å². The van der Waals surface area contributed by atoms with Gasteiger partial charge >= 0.3 is 0 Å². The Hall–Kier alpha value is -3.21. The Kier molecular flexibility index (Phi) is 6.91. The Bertz CT molecular complexity index is 1410. The van der Waals surface area contributed by atoms with E-state index in [1.165, 1.54) is 11.0 Å². The van der Waals surface area contributed by atoms with Gasteiger partial charge in [0.1, 0.15) is 22.8 Å². The molecule has 4 aliphatic rings. The maximum absolute atomic E-state index is 14.3. The fourth-order valence-electron chi connectivity index (χ4n) is 8.27. The minimum Gasteiger partial charge on any atom is -0.508 e. The van der Waals surface area contributed by atoms with Gasteiger partial charge in [0.15, 0.2) is 11.4 Å². The average Bonchev–Trinajstić information content (AvgIpc) is 2.86. The number of aliphatic hydroxyl groups excluding tert-OH is 2. The molecule has 1 aromatic rings. The van der Waals surface area contributed by atoms with Crippen LogP contribution in [0.2, 0.25) is 0 Å². The largest absolute Gasteiger partial charge is 0.508 e. The molecule has 2 saturated carbocycles. The number of hydrogen-bond donors (Lipinski definition) is 6. The first-order chi connectivity index (χ1) is 19.1. The zero-order valence-corrected chi connectivity index (χ0v) is 24.4. The molecule has 0 aliphatic heterocycles. The molecule has 4 aliphatic carbocycles. The maximum Gasteiger partial charge on any atom is 0.255 e. The topological polar surface area (TPSA) is 173 Å². The van der Waals surface area contributed by atoms with Crippen molar-refractivity contribution in [2.75, 3.05) is 14.1 Å². The molecule has 0 saturated heterocycles. The van der Waals surface area contributed by atoms with Gasteiger partial charge in [0.25, 0.3) is 5.91 Å². The summed E-state index contributed by atoms with van der Waals surface area (Å²) in [4.78, 5) is 41.6. The quantitative estimate of drug-likeness (QED) is 0.292. The van der Waals surface area contributed by atoms with Crippen LogP contribution in [-0.2, 0) is 27.3 Å². The third-order valence-electron chi connectivity index (χ3n) is 10.2. The number of aromatic hydroxyl groups is 1. The van der Waals surface area contributed by atoms with E-state index in [1.807, 2.05) is 6.07 Å². The number of primary amides is 1. The summed E-state index contributed by atoms with van der Waals surface area (Å²) < 4.78 is 0. The number of Topliss-reactive ketones (excluding diaryl/α,β-unsaturated/α-hetero) is 2. The molecular weight excluding hydrogens is 526 g/mol. The molecule has 1 amide bonds. The van der Waals surface area contributed by atoms with E-state index in [2.05, 4.69) is 12.2 Å². The third-order valence-corrected chi connectivity index (χ3v) is 10.2. The number of ketones is 2. The van der Waals surface area contributed by atoms with E-state index in [4.69, 9.17) is 5.73 Å². The second-order valence-corrected chi connectivity index (χ2v) is 13.3. The lowest BCUT2D eigenvalue weighted by Crippen LogP contribution is -2.72. The third kappa shape index (κ3) is 4.06. The molecule has 5 rings (SSSR count). The van der Waals surface area contributed by atoms with E-state index < -0.39 is 57.0 Å². The fraction of sp³-hybridized carbons (Fsp3) is 0.581. The van der Waals surface area contributed by atoms with Gasteiger partial charge in [-0.25, -0.2) is 0 Å². The number of benzene rings is 1. The van der Waals surface area contributed by atoms with Gasteiger partial charge in [0.05, 0.1) is 11.6 Å². The maximum atomic E-state index is 14.3. The zero-order valence-electron chi connectivity index (χ0n) is 24.4. The number of carbonyl (C=O) groups is 3. The molecule has 2 fully saturated rings. The van der Waals surface area contributed by atoms with E-state index in [0.29, 0.717) is 24.1 Å². The van der Waals surface area contributed by atoms with Crippen LogP contribution in [0.25, 0.3) is 5.76 Å². The Balaban J connectivity index is 1.65. The van der Waals surface area contributed by atoms with Crippen molar-refractivity contribution in [1.82, 2.24) is 10.2 Å². The summed E-state index contributed by atoms with van der Waals surface area (Å²) in [6.07, 6.45) is 4.71. The van der Waals surface area contributed by atoms with Crippen molar-refractivity contribution in [1.29, 1.82) is 0 Å². The fourth-order valence-corrected chi connectivity index (χ4v) is 8.27. The Morgan fingerprint density at radius 3 is 2.32 bits per heavy atom. The predicted octanol–water partition coefficient (Wildman–Crippen LogP) is 2.41. The summed E-state index contributed by atoms with van der Waals surface area (Å²) in [7, 11) is 3.18. The second kappa shape index (κ2) is 9.68. The smallest absolute Gasteiger partial charge is 0.255 e. The lowest BCUT2D eigenvalue weighted by atomic mass is 9.46. The van der Waals surface area contributed by atoms with Crippen molar-refractivity contribution in [3.8, 4) is 5.75 Å². The highest BCUT2D eigenvalue weighted by atomic mass is 16.3. The number of amides is 1. The lowest BCUT2D eigenvalue weighted by Gasteiger charge is -2.59. The number of aliphatic hydroxyl groups is 3. The average molecular weight is 568 g/mol. The first-order valence-electron chi connectivity index (χ1n) is 14.3. The van der Waals surface area contributed by atoms with Gasteiger partial charge in [0, 0.05) is 29.0 Å². The highest BCUT2D eigenvalue weighted by molar-refractivity contribution is 6.25. The monoisotopic (exact) mass is 567 g/mol. The molecule has 10 nitrogen and oxygen atoms in total. The summed E-state index contributed by atoms with van der Waals surface area (Å²) in [6, 6.07) is 2.49. The second-order valence-electron chi connectivity index (χ2n) is 13.3. The summed E-state index contributed by atoms with van der Waals surface area (Å²) in [5, 5.41) is 49.3. The summed E-state index contributed by atoms with van der Waals surface area (Å²) >= 11 is 0. The normalized spacial score (nSPS) is 35.3. The standard InChI is InChI=1S/C31H41N3O7/c1-15-6-9-17(10-7-15)33-13-16-8-11-19(35)20-18(16)12-29(2)14-30(3)25(34(4)5)24(37)21(28(32)40)26(38)31(30,41)27(39)22(29)23(20)36/h8,11,15,17,25,33,35-36,38,41H,6-7,9-10,12-14H2,1-5H3,(H2,32,40)/t15?,17?,25-,29+,30+,31-/m1/s1. The molecular formula is C31H41N3O7. The SMILES string of the molecule is CC1CCC(NCc2ccc(O)c3c2C[C@@]2(C)C[C@@]4(C)[C@H](N(C)C)C(=O)C(C(N)=O)=C(O)[C@@]4(O)C(=O)C2=C3O)CC1. The predicted molar refractivity (Wildman–Crippen MR) is 152 cm³/mol. The van der Waals surface area contributed by atoms with Crippen LogP contribution in [-0.4, -0.2) is 74.6 Å². The number of phenolic OH excluding ortho intramolecular Hbond substituents is 1. The zero-order chi connectivity index (χ0) is 30.2. The lowest BCUT2D eigenvalue weighted by molar-refractivity contribution is -0.176. The number of nitrogens with one attached hydrogen (secondary N) is 1. The van der Waals surface area contributed by atoms with Gasteiger partial charge in [-0.1, -0.05) is 26.8 Å². The van der Waals surface area contributed by atoms with Crippen LogP contribution in [0.1, 0.15) is 69.6 Å². The van der Waals surface area contributed by atoms with Crippen LogP contribution in [0.3, 0.4) is 0 Å². The van der Waals surface area contributed by atoms with Crippen LogP contribution < -0.4 is 11.1 Å². The number of rotatable bonds is 5. The van der Waals surface area contributed by atoms with Crippen LogP contribution >= 0.6 is 0 Å². The Labute approximate surface area is 239 Å². The van der Waals surface area contributed by atoms with Gasteiger partial charge in [-0.05, 0) is 75.7 Å². The molecule has 0 heterocycles. The van der Waals surface area contributed by atoms with E-state index in [-0.39, 0.29) is 29.7 Å². The van der Waals surface area contributed by atoms with Crippen LogP contribution in [0.5, 0.6) is 5.75 Å². The van der Waals surface area contributed by atoms with Crippen LogP contribution in [0.15, 0.2) is 29.0 Å². The van der Waals surface area contributed by atoms with Crippen LogP contribution in [0, 0.1) is 16.7 Å². The minimum atomic E-state index is -2.71. The number of fused-ring (bicyclic) bond motifs is 3. The molecule has 0 aromatic heterocycles. The van der Waals surface area contributed by atoms with Crippen molar-refractivity contribution < 1.29 is 34.8 Å². The van der Waals surface area contributed by atoms with Crippen molar-refractivity contribution >= 4 is 23.2 Å². The van der Waals surface area contributed by atoms with E-state index in [1.54, 1.807) is 27.9 Å². The number of nitrogens with two attached hydrogens (primary N) is 1. The van der Waals surface area contributed by atoms with Gasteiger partial charge in [-0.2, -0.15) is 0 Å². The Morgan fingerprint density at radius 1 is 1.10 bits per heavy atom. The molecule has 4 atom stereocenters. The molecule has 41 heavy (non-hydrogen) atoms. The first kappa shape index (κ1) is 29.3.